The van der Waals surface area contributed by atoms with Crippen LogP contribution >= 0.6 is 11.3 Å². The van der Waals surface area contributed by atoms with Crippen molar-refractivity contribution in [3.05, 3.63) is 51.8 Å². The monoisotopic (exact) mass is 400 g/mol. The Balaban J connectivity index is 1.78. The zero-order valence-corrected chi connectivity index (χ0v) is 16.8. The highest BCUT2D eigenvalue weighted by atomic mass is 32.1. The topological polar surface area (TPSA) is 98.4 Å². The summed E-state index contributed by atoms with van der Waals surface area (Å²) in [4.78, 5) is 44.4. The number of nitrogens with zero attached hydrogens (tertiary/aromatic N) is 1. The third kappa shape index (κ3) is 3.68. The fourth-order valence-corrected chi connectivity index (χ4v) is 3.69. The number of ketones is 1. The van der Waals surface area contributed by atoms with Gasteiger partial charge in [-0.1, -0.05) is 0 Å². The summed E-state index contributed by atoms with van der Waals surface area (Å²) in [6.07, 6.45) is -1.02. The standard InChI is InChI=1S/C20H20N2O5S/c1-5-26-20(25)16-10(2)17(22-11(16)3)18(23)12(4)27-19(24)13-6-7-14-15(8-13)28-9-21-14/h6-9,12,22H,5H2,1-4H3/t12-/m1/s1. The fourth-order valence-electron chi connectivity index (χ4n) is 2.97. The maximum atomic E-state index is 12.8. The molecule has 0 amide bonds. The number of Topliss-reactive ketones (excluding diaryl/α,β-unsaturated/α-hetero) is 1. The van der Waals surface area contributed by atoms with Gasteiger partial charge in [0.2, 0.25) is 5.78 Å². The summed E-state index contributed by atoms with van der Waals surface area (Å²) in [5.41, 5.74) is 4.43. The Morgan fingerprint density at radius 2 is 1.96 bits per heavy atom. The van der Waals surface area contributed by atoms with Gasteiger partial charge in [-0.25, -0.2) is 14.6 Å². The van der Waals surface area contributed by atoms with E-state index in [9.17, 15) is 14.4 Å². The van der Waals surface area contributed by atoms with E-state index in [1.54, 1.807) is 44.5 Å². The zero-order chi connectivity index (χ0) is 20.4. The summed E-state index contributed by atoms with van der Waals surface area (Å²) in [6.45, 7) is 6.81. The van der Waals surface area contributed by atoms with E-state index >= 15 is 0 Å². The van der Waals surface area contributed by atoms with Crippen molar-refractivity contribution in [3.63, 3.8) is 0 Å². The van der Waals surface area contributed by atoms with Crippen LogP contribution in [0.4, 0.5) is 0 Å². The Labute approximate surface area is 165 Å². The van der Waals surface area contributed by atoms with Gasteiger partial charge in [-0.3, -0.25) is 4.79 Å². The minimum Gasteiger partial charge on any atom is -0.462 e. The molecule has 28 heavy (non-hydrogen) atoms. The van der Waals surface area contributed by atoms with Crippen LogP contribution in [0.5, 0.6) is 0 Å². The predicted octanol–water partition coefficient (Wildman–Crippen LogP) is 3.85. The van der Waals surface area contributed by atoms with Gasteiger partial charge in [-0.05, 0) is 51.5 Å². The van der Waals surface area contributed by atoms with Crippen molar-refractivity contribution in [2.24, 2.45) is 0 Å². The highest BCUT2D eigenvalue weighted by Crippen LogP contribution is 2.22. The molecule has 0 aliphatic rings. The first kappa shape index (κ1) is 19.8. The van der Waals surface area contributed by atoms with Gasteiger partial charge in [-0.2, -0.15) is 0 Å². The number of ether oxygens (including phenoxy) is 2. The molecule has 0 unspecified atom stereocenters. The first-order valence-corrected chi connectivity index (χ1v) is 9.66. The molecule has 3 rings (SSSR count). The molecule has 0 saturated carbocycles. The Bertz CT molecular complexity index is 1070. The zero-order valence-electron chi connectivity index (χ0n) is 16.0. The van der Waals surface area contributed by atoms with E-state index in [-0.39, 0.29) is 12.3 Å². The Hall–Kier alpha value is -3.00. The average molecular weight is 400 g/mol. The molecule has 0 aliphatic carbocycles. The number of aryl methyl sites for hydroxylation is 1. The maximum absolute atomic E-state index is 12.8. The molecule has 7 nitrogen and oxygen atoms in total. The van der Waals surface area contributed by atoms with E-state index in [4.69, 9.17) is 9.47 Å². The van der Waals surface area contributed by atoms with Gasteiger partial charge in [0.1, 0.15) is 0 Å². The number of thiazole rings is 1. The number of hydrogen-bond acceptors (Lipinski definition) is 7. The quantitative estimate of drug-likeness (QED) is 0.498. The van der Waals surface area contributed by atoms with Crippen LogP contribution < -0.4 is 0 Å². The highest BCUT2D eigenvalue weighted by Gasteiger charge is 2.27. The van der Waals surface area contributed by atoms with Crippen molar-refractivity contribution in [2.45, 2.75) is 33.8 Å². The van der Waals surface area contributed by atoms with E-state index in [0.29, 0.717) is 22.4 Å². The lowest BCUT2D eigenvalue weighted by Gasteiger charge is -2.12. The number of H-pyrrole nitrogens is 1. The van der Waals surface area contributed by atoms with E-state index < -0.39 is 23.8 Å². The summed E-state index contributed by atoms with van der Waals surface area (Å²) in [6, 6.07) is 5.04. The lowest BCUT2D eigenvalue weighted by atomic mass is 10.1. The number of rotatable bonds is 6. The second-order valence-electron chi connectivity index (χ2n) is 6.29. The molecule has 1 aromatic carbocycles. The van der Waals surface area contributed by atoms with E-state index in [1.165, 1.54) is 18.3 Å². The van der Waals surface area contributed by atoms with Crippen LogP contribution in [0.3, 0.4) is 0 Å². The lowest BCUT2D eigenvalue weighted by Crippen LogP contribution is -2.25. The summed E-state index contributed by atoms with van der Waals surface area (Å²) >= 11 is 1.42. The van der Waals surface area contributed by atoms with Crippen LogP contribution in [0, 0.1) is 13.8 Å². The molecule has 146 valence electrons. The molecule has 0 spiro atoms. The van der Waals surface area contributed by atoms with Crippen molar-refractivity contribution in [3.8, 4) is 0 Å². The van der Waals surface area contributed by atoms with Crippen LogP contribution in [-0.2, 0) is 9.47 Å². The van der Waals surface area contributed by atoms with Gasteiger partial charge in [0.05, 0.1) is 39.2 Å². The molecule has 3 aromatic rings. The Morgan fingerprint density at radius 3 is 2.68 bits per heavy atom. The molecule has 0 radical (unpaired) electrons. The second-order valence-corrected chi connectivity index (χ2v) is 7.18. The molecule has 2 heterocycles. The van der Waals surface area contributed by atoms with Crippen LogP contribution in [0.2, 0.25) is 0 Å². The van der Waals surface area contributed by atoms with Crippen molar-refractivity contribution in [1.29, 1.82) is 0 Å². The number of nitrogens with one attached hydrogen (secondary N) is 1. The third-order valence-corrected chi connectivity index (χ3v) is 5.18. The van der Waals surface area contributed by atoms with Crippen LogP contribution in [0.25, 0.3) is 10.2 Å². The van der Waals surface area contributed by atoms with E-state index in [0.717, 1.165) is 10.2 Å². The van der Waals surface area contributed by atoms with Crippen LogP contribution in [-0.4, -0.2) is 40.4 Å². The first-order chi connectivity index (χ1) is 13.3. The number of fused-ring (bicyclic) bond motifs is 1. The number of carbonyl (C=O) groups is 3. The maximum Gasteiger partial charge on any atom is 0.340 e. The fraction of sp³-hybridized carbons (Fsp3) is 0.300. The summed E-state index contributed by atoms with van der Waals surface area (Å²) in [5, 5.41) is 0. The minimum atomic E-state index is -1.02. The SMILES string of the molecule is CCOC(=O)c1c(C)[nH]c(C(=O)[C@@H](C)OC(=O)c2ccc3ncsc3c2)c1C. The van der Waals surface area contributed by atoms with Gasteiger partial charge in [0.25, 0.3) is 0 Å². The summed E-state index contributed by atoms with van der Waals surface area (Å²) in [5.74, 6) is -1.50. The third-order valence-electron chi connectivity index (χ3n) is 4.38. The Kier molecular flexibility index (Phi) is 5.60. The number of esters is 2. The molecule has 0 bridgehead atoms. The molecular formula is C20H20N2O5S. The molecule has 2 aromatic heterocycles. The van der Waals surface area contributed by atoms with Gasteiger partial charge in [-0.15, -0.1) is 11.3 Å². The van der Waals surface area contributed by atoms with Crippen molar-refractivity contribution in [2.75, 3.05) is 6.61 Å². The number of carbonyl (C=O) groups excluding carboxylic acids is 3. The average Bonchev–Trinajstić information content (AvgIpc) is 3.24. The van der Waals surface area contributed by atoms with Crippen molar-refractivity contribution < 1.29 is 23.9 Å². The van der Waals surface area contributed by atoms with Crippen molar-refractivity contribution in [1.82, 2.24) is 9.97 Å². The minimum absolute atomic E-state index is 0.235. The molecule has 1 N–H and O–H groups in total. The summed E-state index contributed by atoms with van der Waals surface area (Å²) in [7, 11) is 0. The van der Waals surface area contributed by atoms with Gasteiger partial charge < -0.3 is 14.5 Å². The van der Waals surface area contributed by atoms with E-state index in [2.05, 4.69) is 9.97 Å². The Morgan fingerprint density at radius 1 is 1.21 bits per heavy atom. The number of aromatic nitrogens is 2. The first-order valence-electron chi connectivity index (χ1n) is 8.78. The molecule has 0 saturated heterocycles. The predicted molar refractivity (Wildman–Crippen MR) is 105 cm³/mol. The largest absolute Gasteiger partial charge is 0.462 e. The van der Waals surface area contributed by atoms with Gasteiger partial charge >= 0.3 is 11.9 Å². The number of hydrogen-bond donors (Lipinski definition) is 1. The summed E-state index contributed by atoms with van der Waals surface area (Å²) < 4.78 is 11.2. The number of benzene rings is 1. The molecule has 8 heteroatoms. The smallest absolute Gasteiger partial charge is 0.340 e. The van der Waals surface area contributed by atoms with Crippen LogP contribution in [0.15, 0.2) is 23.7 Å². The normalized spacial score (nSPS) is 12.0. The highest BCUT2D eigenvalue weighted by molar-refractivity contribution is 7.16. The molecule has 1 atom stereocenters. The lowest BCUT2D eigenvalue weighted by molar-refractivity contribution is 0.0317. The molecule has 0 fully saturated rings. The second kappa shape index (κ2) is 7.93. The van der Waals surface area contributed by atoms with E-state index in [1.807, 2.05) is 0 Å². The molecule has 0 aliphatic heterocycles. The molecular weight excluding hydrogens is 380 g/mol. The van der Waals surface area contributed by atoms with Gasteiger partial charge in [0, 0.05) is 5.69 Å². The van der Waals surface area contributed by atoms with Crippen molar-refractivity contribution >= 4 is 39.3 Å². The number of aromatic amines is 1. The van der Waals surface area contributed by atoms with Gasteiger partial charge in [0.15, 0.2) is 6.10 Å². The van der Waals surface area contributed by atoms with Crippen LogP contribution in [0.1, 0.15) is 56.3 Å².